The summed E-state index contributed by atoms with van der Waals surface area (Å²) >= 11 is 1.21. The molecule has 0 saturated carbocycles. The highest BCUT2D eigenvalue weighted by atomic mass is 32.1. The molecule has 1 aliphatic heterocycles. The third-order valence-electron chi connectivity index (χ3n) is 4.13. The molecule has 1 aliphatic rings. The molecule has 2 aromatic heterocycles. The van der Waals surface area contributed by atoms with Gasteiger partial charge < -0.3 is 10.1 Å². The standard InChI is InChI=1S/C16H16F3N5O3S/c17-16(18,19)14(26)27-13(25)10-4-6-24(7-5-10)8-11-2-1-3-12(22-11)23-15-20-9-21-28-15/h1-3,9-10H,4-8H2,(H,20,21,22,23). The average molecular weight is 415 g/mol. The Morgan fingerprint density at radius 3 is 2.68 bits per heavy atom. The maximum atomic E-state index is 12.2. The van der Waals surface area contributed by atoms with Gasteiger partial charge >= 0.3 is 18.1 Å². The minimum atomic E-state index is -5.17. The van der Waals surface area contributed by atoms with Gasteiger partial charge in [0.1, 0.15) is 12.1 Å². The summed E-state index contributed by atoms with van der Waals surface area (Å²) in [5.74, 6) is -3.69. The van der Waals surface area contributed by atoms with E-state index in [0.29, 0.717) is 43.4 Å². The van der Waals surface area contributed by atoms with Crippen LogP contribution in [-0.2, 0) is 20.9 Å². The smallest absolute Gasteiger partial charge is 0.386 e. The fourth-order valence-corrected chi connectivity index (χ4v) is 3.20. The van der Waals surface area contributed by atoms with Crippen LogP contribution in [0.4, 0.5) is 24.1 Å². The first-order chi connectivity index (χ1) is 13.3. The highest BCUT2D eigenvalue weighted by Crippen LogP contribution is 2.23. The Labute approximate surface area is 161 Å². The summed E-state index contributed by atoms with van der Waals surface area (Å²) in [5, 5.41) is 3.67. The van der Waals surface area contributed by atoms with E-state index in [1.807, 2.05) is 17.0 Å². The van der Waals surface area contributed by atoms with Crippen LogP contribution < -0.4 is 5.32 Å². The number of esters is 2. The van der Waals surface area contributed by atoms with Crippen LogP contribution in [0.15, 0.2) is 24.5 Å². The van der Waals surface area contributed by atoms with Crippen molar-refractivity contribution in [3.05, 3.63) is 30.2 Å². The van der Waals surface area contributed by atoms with Gasteiger partial charge in [0.15, 0.2) is 0 Å². The quantitative estimate of drug-likeness (QED) is 0.588. The van der Waals surface area contributed by atoms with Crippen LogP contribution >= 0.6 is 11.5 Å². The molecule has 28 heavy (non-hydrogen) atoms. The zero-order chi connectivity index (χ0) is 20.1. The molecule has 0 radical (unpaired) electrons. The number of carbonyl (C=O) groups is 2. The molecule has 1 N–H and O–H groups in total. The number of nitrogens with zero attached hydrogens (tertiary/aromatic N) is 4. The molecule has 3 heterocycles. The van der Waals surface area contributed by atoms with Crippen LogP contribution in [-0.4, -0.2) is 50.4 Å². The predicted octanol–water partition coefficient (Wildman–Crippen LogP) is 2.52. The van der Waals surface area contributed by atoms with Crippen molar-refractivity contribution < 1.29 is 27.5 Å². The zero-order valence-corrected chi connectivity index (χ0v) is 15.3. The van der Waals surface area contributed by atoms with Gasteiger partial charge in [0.25, 0.3) is 0 Å². The van der Waals surface area contributed by atoms with E-state index in [1.165, 1.54) is 17.9 Å². The zero-order valence-electron chi connectivity index (χ0n) is 14.5. The molecule has 150 valence electrons. The van der Waals surface area contributed by atoms with E-state index in [4.69, 9.17) is 0 Å². The summed E-state index contributed by atoms with van der Waals surface area (Å²) in [5.41, 5.74) is 0.794. The van der Waals surface area contributed by atoms with Gasteiger partial charge in [-0.15, -0.1) is 0 Å². The van der Waals surface area contributed by atoms with Crippen LogP contribution in [0.1, 0.15) is 18.5 Å². The number of piperidine rings is 1. The number of hydrogen-bond donors (Lipinski definition) is 1. The molecule has 3 rings (SSSR count). The monoisotopic (exact) mass is 415 g/mol. The fourth-order valence-electron chi connectivity index (χ4n) is 2.76. The Morgan fingerprint density at radius 2 is 2.04 bits per heavy atom. The van der Waals surface area contributed by atoms with Crippen molar-refractivity contribution in [1.29, 1.82) is 0 Å². The van der Waals surface area contributed by atoms with Crippen LogP contribution in [0.2, 0.25) is 0 Å². The Bertz CT molecular complexity index is 823. The number of alkyl halides is 3. The highest BCUT2D eigenvalue weighted by molar-refractivity contribution is 7.09. The third-order valence-corrected chi connectivity index (χ3v) is 4.71. The molecule has 0 amide bonds. The summed E-state index contributed by atoms with van der Waals surface area (Å²) in [7, 11) is 0. The normalized spacial score (nSPS) is 16.0. The molecular weight excluding hydrogens is 399 g/mol. The molecule has 0 aromatic carbocycles. The van der Waals surface area contributed by atoms with Crippen molar-refractivity contribution in [2.45, 2.75) is 25.6 Å². The van der Waals surface area contributed by atoms with Crippen LogP contribution in [0.25, 0.3) is 0 Å². The largest absolute Gasteiger partial charge is 0.491 e. The fraction of sp³-hybridized carbons (Fsp3) is 0.438. The number of nitrogens with one attached hydrogen (secondary N) is 1. The molecule has 0 bridgehead atoms. The van der Waals surface area contributed by atoms with E-state index < -0.39 is 24.0 Å². The number of anilines is 2. The minimum Gasteiger partial charge on any atom is -0.386 e. The van der Waals surface area contributed by atoms with Gasteiger partial charge in [0, 0.05) is 18.1 Å². The Balaban J connectivity index is 1.49. The third kappa shape index (κ3) is 5.45. The van der Waals surface area contributed by atoms with Crippen molar-refractivity contribution >= 4 is 34.4 Å². The Hall–Kier alpha value is -2.60. The summed E-state index contributed by atoms with van der Waals surface area (Å²) in [4.78, 5) is 33.0. The second-order valence-electron chi connectivity index (χ2n) is 6.14. The van der Waals surface area contributed by atoms with E-state index >= 15 is 0 Å². The Kier molecular flexibility index (Phi) is 6.19. The van der Waals surface area contributed by atoms with Gasteiger partial charge in [0.05, 0.1) is 11.6 Å². The molecule has 0 aliphatic carbocycles. The van der Waals surface area contributed by atoms with Crippen LogP contribution in [0.5, 0.6) is 0 Å². The molecule has 2 aromatic rings. The van der Waals surface area contributed by atoms with Gasteiger partial charge in [-0.1, -0.05) is 6.07 Å². The van der Waals surface area contributed by atoms with Gasteiger partial charge in [-0.25, -0.2) is 14.8 Å². The lowest BCUT2D eigenvalue weighted by molar-refractivity contribution is -0.203. The Morgan fingerprint density at radius 1 is 1.29 bits per heavy atom. The topological polar surface area (TPSA) is 97.3 Å². The van der Waals surface area contributed by atoms with Gasteiger partial charge in [0.2, 0.25) is 5.13 Å². The number of halogens is 3. The van der Waals surface area contributed by atoms with Crippen molar-refractivity contribution in [3.8, 4) is 0 Å². The first-order valence-electron chi connectivity index (χ1n) is 8.36. The number of carbonyl (C=O) groups excluding carboxylic acids is 2. The average Bonchev–Trinajstić information content (AvgIpc) is 3.15. The first-order valence-corrected chi connectivity index (χ1v) is 9.13. The SMILES string of the molecule is O=C(OC(=O)C(F)(F)F)C1CCN(Cc2cccc(Nc3ncns3)n2)CC1. The highest BCUT2D eigenvalue weighted by Gasteiger charge is 2.43. The van der Waals surface area contributed by atoms with Gasteiger partial charge in [-0.2, -0.15) is 17.5 Å². The second kappa shape index (κ2) is 8.61. The molecule has 12 heteroatoms. The molecule has 0 atom stereocenters. The van der Waals surface area contributed by atoms with Gasteiger partial charge in [-0.3, -0.25) is 9.69 Å². The van der Waals surface area contributed by atoms with E-state index in [9.17, 15) is 22.8 Å². The van der Waals surface area contributed by atoms with E-state index in [0.717, 1.165) is 5.69 Å². The number of rotatable bonds is 5. The summed E-state index contributed by atoms with van der Waals surface area (Å²) in [6.45, 7) is 1.49. The second-order valence-corrected chi connectivity index (χ2v) is 6.92. The molecule has 0 spiro atoms. The minimum absolute atomic E-state index is 0.312. The van der Waals surface area contributed by atoms with Crippen molar-refractivity contribution in [2.24, 2.45) is 5.92 Å². The van der Waals surface area contributed by atoms with Crippen LogP contribution in [0.3, 0.4) is 0 Å². The molecule has 8 nitrogen and oxygen atoms in total. The molecule has 0 unspecified atom stereocenters. The lowest BCUT2D eigenvalue weighted by atomic mass is 9.97. The van der Waals surface area contributed by atoms with Crippen molar-refractivity contribution in [3.63, 3.8) is 0 Å². The molecular formula is C16H16F3N5O3S. The van der Waals surface area contributed by atoms with Crippen molar-refractivity contribution in [1.82, 2.24) is 19.2 Å². The van der Waals surface area contributed by atoms with Crippen LogP contribution in [0, 0.1) is 5.92 Å². The number of hydrogen-bond acceptors (Lipinski definition) is 9. The maximum absolute atomic E-state index is 12.2. The van der Waals surface area contributed by atoms with E-state index in [2.05, 4.69) is 24.4 Å². The summed E-state index contributed by atoms with van der Waals surface area (Å²) in [6, 6.07) is 5.50. The summed E-state index contributed by atoms with van der Waals surface area (Å²) in [6.07, 6.45) is -3.11. The number of ether oxygens (including phenoxy) is 1. The first kappa shape index (κ1) is 20.1. The lowest BCUT2D eigenvalue weighted by Crippen LogP contribution is -2.38. The van der Waals surface area contributed by atoms with E-state index in [1.54, 1.807) is 6.07 Å². The molecule has 1 fully saturated rings. The predicted molar refractivity (Wildman–Crippen MR) is 92.6 cm³/mol. The summed E-state index contributed by atoms with van der Waals surface area (Å²) < 4.78 is 44.4. The number of likely N-dealkylation sites (tertiary alicyclic amines) is 1. The van der Waals surface area contributed by atoms with Crippen molar-refractivity contribution in [2.75, 3.05) is 18.4 Å². The van der Waals surface area contributed by atoms with E-state index in [-0.39, 0.29) is 0 Å². The maximum Gasteiger partial charge on any atom is 0.491 e. The molecule has 1 saturated heterocycles. The number of pyridine rings is 1. The number of aromatic nitrogens is 3. The van der Waals surface area contributed by atoms with Gasteiger partial charge in [-0.05, 0) is 38.1 Å². The lowest BCUT2D eigenvalue weighted by Gasteiger charge is -2.30.